The SMILES string of the molecule is CC(O)c1cnn2c(N[C@@H]3CCC4=C(C3)c3ccccc3C4)cc(-c3cncc(F)c3)nc12.C[C@@H](O)c1cnn2c(N[C@@H]3CCC4=C(C3)c3ccccc3C4)cc(-c3cncc(F)c3)nc12.C[C@H](O)c1cnn2c(N[C@@H]3CCC4=C(C3)c3ccccc3C4)cc(-c3cncc(F)c3)nc12. The molecule has 0 radical (unpaired) electrons. The average molecular weight is 1320 g/mol. The van der Waals surface area contributed by atoms with E-state index in [0.717, 1.165) is 94.5 Å². The summed E-state index contributed by atoms with van der Waals surface area (Å²) in [6.45, 7) is 5.07. The van der Waals surface area contributed by atoms with Gasteiger partial charge in [0.25, 0.3) is 0 Å². The quantitative estimate of drug-likeness (QED) is 0.0669. The Morgan fingerprint density at radius 1 is 0.394 bits per heavy atom. The van der Waals surface area contributed by atoms with E-state index in [1.807, 2.05) is 18.2 Å². The van der Waals surface area contributed by atoms with E-state index in [4.69, 9.17) is 0 Å². The van der Waals surface area contributed by atoms with Crippen LogP contribution in [0.25, 0.3) is 67.4 Å². The van der Waals surface area contributed by atoms with E-state index in [2.05, 4.69) is 134 Å². The second kappa shape index (κ2) is 26.3. The molecule has 0 spiro atoms. The van der Waals surface area contributed by atoms with Crippen molar-refractivity contribution in [3.63, 3.8) is 0 Å². The van der Waals surface area contributed by atoms with Crippen LogP contribution in [0.2, 0.25) is 0 Å². The van der Waals surface area contributed by atoms with Crippen molar-refractivity contribution < 1.29 is 28.5 Å². The van der Waals surface area contributed by atoms with Crippen LogP contribution >= 0.6 is 0 Å². The third kappa shape index (κ3) is 12.4. The lowest BCUT2D eigenvalue weighted by molar-refractivity contribution is 0.200. The molecular formula is C78H72F3N15O3. The second-order valence-corrected chi connectivity index (χ2v) is 26.8. The summed E-state index contributed by atoms with van der Waals surface area (Å²) >= 11 is 0. The number of aliphatic hydroxyl groups excluding tert-OH is 3. The fourth-order valence-electron chi connectivity index (χ4n) is 15.3. The molecule has 18 rings (SSSR count). The van der Waals surface area contributed by atoms with Crippen LogP contribution in [-0.4, -0.2) is 92.2 Å². The maximum absolute atomic E-state index is 13.9. The Bertz CT molecular complexity index is 4730. The first-order chi connectivity index (χ1) is 48.2. The number of halogens is 3. The molecule has 0 bridgehead atoms. The lowest BCUT2D eigenvalue weighted by Crippen LogP contribution is -2.24. The van der Waals surface area contributed by atoms with E-state index in [9.17, 15) is 28.5 Å². The maximum atomic E-state index is 13.9. The Morgan fingerprint density at radius 3 is 0.970 bits per heavy atom. The molecule has 21 heteroatoms. The van der Waals surface area contributed by atoms with Gasteiger partial charge in [0.2, 0.25) is 0 Å². The van der Waals surface area contributed by atoms with Gasteiger partial charge in [0.15, 0.2) is 16.9 Å². The normalized spacial score (nSPS) is 18.3. The van der Waals surface area contributed by atoms with Crippen molar-refractivity contribution in [3.8, 4) is 33.8 Å². The van der Waals surface area contributed by atoms with Crippen molar-refractivity contribution >= 4 is 51.1 Å². The average Bonchev–Trinajstić information content (AvgIpc) is 1.76. The van der Waals surface area contributed by atoms with Gasteiger partial charge in [-0.05, 0) is 166 Å². The number of aromatic nitrogens is 12. The summed E-state index contributed by atoms with van der Waals surface area (Å²) < 4.78 is 46.8. The van der Waals surface area contributed by atoms with Crippen LogP contribution in [-0.2, 0) is 19.3 Å². The first-order valence-electron chi connectivity index (χ1n) is 33.9. The highest BCUT2D eigenvalue weighted by Crippen LogP contribution is 2.46. The van der Waals surface area contributed by atoms with Gasteiger partial charge in [0.1, 0.15) is 34.9 Å². The predicted molar refractivity (Wildman–Crippen MR) is 375 cm³/mol. The van der Waals surface area contributed by atoms with Crippen molar-refractivity contribution in [1.29, 1.82) is 0 Å². The Balaban J connectivity index is 0.000000116. The van der Waals surface area contributed by atoms with E-state index >= 15 is 0 Å². The highest BCUT2D eigenvalue weighted by Gasteiger charge is 2.33. The number of pyridine rings is 3. The zero-order valence-electron chi connectivity index (χ0n) is 54.9. The monoisotopic (exact) mass is 1320 g/mol. The molecule has 12 aromatic rings. The van der Waals surface area contributed by atoms with E-state index in [0.29, 0.717) is 67.4 Å². The van der Waals surface area contributed by atoms with Gasteiger partial charge in [0.05, 0.1) is 72.6 Å². The first kappa shape index (κ1) is 63.0. The van der Waals surface area contributed by atoms with E-state index in [-0.39, 0.29) is 18.1 Å². The molecular weight excluding hydrogens is 1250 g/mol. The molecule has 6 aliphatic rings. The number of rotatable bonds is 12. The van der Waals surface area contributed by atoms with E-state index in [1.165, 1.54) is 86.9 Å². The molecule has 9 heterocycles. The smallest absolute Gasteiger partial charge is 0.163 e. The predicted octanol–water partition coefficient (Wildman–Crippen LogP) is 14.9. The zero-order valence-corrected chi connectivity index (χ0v) is 54.9. The van der Waals surface area contributed by atoms with Crippen LogP contribution in [0.3, 0.4) is 0 Å². The Hall–Kier alpha value is -10.7. The van der Waals surface area contributed by atoms with Gasteiger partial charge in [-0.25, -0.2) is 28.1 Å². The van der Waals surface area contributed by atoms with Crippen molar-refractivity contribution in [2.75, 3.05) is 16.0 Å². The second-order valence-electron chi connectivity index (χ2n) is 26.8. The van der Waals surface area contributed by atoms with Crippen LogP contribution in [0, 0.1) is 17.5 Å². The Labute approximate surface area is 568 Å². The van der Waals surface area contributed by atoms with Crippen LogP contribution in [0.5, 0.6) is 0 Å². The largest absolute Gasteiger partial charge is 0.389 e. The van der Waals surface area contributed by atoms with Gasteiger partial charge in [-0.15, -0.1) is 0 Å². The summed E-state index contributed by atoms with van der Waals surface area (Å²) in [4.78, 5) is 26.0. The van der Waals surface area contributed by atoms with Crippen molar-refractivity contribution in [1.82, 2.24) is 58.7 Å². The van der Waals surface area contributed by atoms with Gasteiger partial charge >= 0.3 is 0 Å². The van der Waals surface area contributed by atoms with Gasteiger partial charge in [-0.3, -0.25) is 15.0 Å². The van der Waals surface area contributed by atoms with Crippen LogP contribution in [0.15, 0.2) is 182 Å². The van der Waals surface area contributed by atoms with Crippen molar-refractivity contribution in [3.05, 3.63) is 249 Å². The third-order valence-corrected chi connectivity index (χ3v) is 20.2. The number of anilines is 3. The van der Waals surface area contributed by atoms with Gasteiger partial charge < -0.3 is 31.3 Å². The summed E-state index contributed by atoms with van der Waals surface area (Å²) in [5.74, 6) is 1.06. The minimum Gasteiger partial charge on any atom is -0.389 e. The standard InChI is InChI=1S/3C26H24FN5O/c3*1-15(33)23-14-29-32-25(11-24(31-26(23)32)18-9-19(27)13-28-12-18)30-20-7-6-17-8-16-4-2-3-5-21(16)22(17)10-20/h3*2-5,9,11-15,20,30,33H,6-8,10H2,1H3/t15?,20-;15-,20+;15-,20-/m101/s1. The van der Waals surface area contributed by atoms with Crippen LogP contribution in [0.1, 0.15) is 147 Å². The summed E-state index contributed by atoms with van der Waals surface area (Å²) in [5.41, 5.74) is 24.5. The number of aliphatic hydroxyl groups is 3. The highest BCUT2D eigenvalue weighted by atomic mass is 19.1. The van der Waals surface area contributed by atoms with Gasteiger partial charge in [0, 0.05) is 88.3 Å². The van der Waals surface area contributed by atoms with Gasteiger partial charge in [-0.1, -0.05) is 89.5 Å². The first-order valence-corrected chi connectivity index (χ1v) is 33.9. The number of hydrogen-bond acceptors (Lipinski definition) is 15. The zero-order chi connectivity index (χ0) is 67.6. The molecule has 6 N–H and O–H groups in total. The molecule has 498 valence electrons. The highest BCUT2D eigenvalue weighted by molar-refractivity contribution is 5.81. The van der Waals surface area contributed by atoms with Crippen LogP contribution in [0.4, 0.5) is 30.6 Å². The summed E-state index contributed by atoms with van der Waals surface area (Å²) in [6, 6.07) is 36.6. The topological polar surface area (TPSA) is 226 Å². The fourth-order valence-corrected chi connectivity index (χ4v) is 15.3. The van der Waals surface area contributed by atoms with E-state index < -0.39 is 35.8 Å². The number of fused-ring (bicyclic) bond motifs is 9. The van der Waals surface area contributed by atoms with Crippen molar-refractivity contribution in [2.45, 2.75) is 134 Å². The minimum atomic E-state index is -0.721. The summed E-state index contributed by atoms with van der Waals surface area (Å²) in [7, 11) is 0. The summed E-state index contributed by atoms with van der Waals surface area (Å²) in [5, 5.41) is 55.2. The van der Waals surface area contributed by atoms with Crippen LogP contribution < -0.4 is 16.0 Å². The minimum absolute atomic E-state index is 0.234. The molecule has 0 aliphatic heterocycles. The number of nitrogens with one attached hydrogen (secondary N) is 3. The number of allylic oxidation sites excluding steroid dienone is 3. The molecule has 9 aromatic heterocycles. The Kier molecular flexibility index (Phi) is 16.7. The molecule has 0 saturated carbocycles. The Morgan fingerprint density at radius 2 is 0.687 bits per heavy atom. The third-order valence-electron chi connectivity index (χ3n) is 20.2. The molecule has 0 amide bonds. The molecule has 6 aliphatic carbocycles. The number of nitrogens with zero attached hydrogens (tertiary/aromatic N) is 12. The molecule has 0 saturated heterocycles. The molecule has 18 nitrogen and oxygen atoms in total. The maximum Gasteiger partial charge on any atom is 0.163 e. The van der Waals surface area contributed by atoms with Crippen molar-refractivity contribution in [2.24, 2.45) is 0 Å². The fraction of sp³-hybridized carbons (Fsp3) is 0.269. The molecule has 99 heavy (non-hydrogen) atoms. The summed E-state index contributed by atoms with van der Waals surface area (Å²) in [6.07, 6.45) is 23.3. The lowest BCUT2D eigenvalue weighted by atomic mass is 9.88. The lowest BCUT2D eigenvalue weighted by Gasteiger charge is -2.26. The molecule has 0 fully saturated rings. The number of benzene rings is 3. The number of hydrogen-bond donors (Lipinski definition) is 6. The van der Waals surface area contributed by atoms with Gasteiger partial charge in [-0.2, -0.15) is 28.8 Å². The molecule has 6 atom stereocenters. The molecule has 1 unspecified atom stereocenters. The molecule has 3 aromatic carbocycles. The van der Waals surface area contributed by atoms with E-state index in [1.54, 1.807) is 88.2 Å².